The fraction of sp³-hybridized carbons (Fsp3) is 0.500. The first-order chi connectivity index (χ1) is 20.6. The number of aliphatic hydroxyl groups is 1. The minimum Gasteiger partial charge on any atom is -0.387 e. The lowest BCUT2D eigenvalue weighted by molar-refractivity contribution is -0.0614. The molecule has 10 atom stereocenters. The Balaban J connectivity index is 1.18. The number of nitrogens with two attached hydrogens (primary N) is 2. The Morgan fingerprint density at radius 3 is 2.16 bits per heavy atom. The lowest BCUT2D eigenvalue weighted by Crippen LogP contribution is -2.35. The number of imidazole rings is 2. The van der Waals surface area contributed by atoms with E-state index in [0.717, 1.165) is 6.33 Å². The highest BCUT2D eigenvalue weighted by Gasteiger charge is 2.55. The van der Waals surface area contributed by atoms with Crippen molar-refractivity contribution < 1.29 is 51.1 Å². The maximum atomic E-state index is 15.8. The van der Waals surface area contributed by atoms with Crippen molar-refractivity contribution in [2.75, 3.05) is 24.7 Å². The monoisotopic (exact) mass is 643 g/mol. The zero-order valence-electron chi connectivity index (χ0n) is 21.5. The molecule has 0 saturated carbocycles. The predicted molar refractivity (Wildman–Crippen MR) is 137 cm³/mol. The van der Waals surface area contributed by atoms with Crippen LogP contribution in [0.1, 0.15) is 12.5 Å². The van der Waals surface area contributed by atoms with Crippen molar-refractivity contribution in [2.24, 2.45) is 0 Å². The number of halogens is 1. The molecule has 0 aromatic carbocycles. The maximum Gasteiger partial charge on any atom is 0.698 e. The van der Waals surface area contributed by atoms with Crippen LogP contribution in [0.3, 0.4) is 0 Å². The normalized spacial score (nSPS) is 36.3. The van der Waals surface area contributed by atoms with E-state index in [2.05, 4.69) is 29.9 Å². The number of hydrogen-bond acceptors (Lipinski definition) is 17. The summed E-state index contributed by atoms with van der Waals surface area (Å²) < 4.78 is 77.1. The first-order valence-corrected chi connectivity index (χ1v) is 15.1. The molecule has 228 valence electrons. The molecule has 0 aliphatic carbocycles. The third-order valence-electron chi connectivity index (χ3n) is 7.11. The molecule has 0 spiro atoms. The average Bonchev–Trinajstić information content (AvgIpc) is 3.73. The van der Waals surface area contributed by atoms with Crippen LogP contribution < -0.4 is 11.5 Å². The van der Waals surface area contributed by atoms with E-state index in [1.54, 1.807) is 0 Å². The van der Waals surface area contributed by atoms with Crippen molar-refractivity contribution in [3.05, 3.63) is 25.3 Å². The summed E-state index contributed by atoms with van der Waals surface area (Å²) in [5, 5.41) is 11.0. The minimum absolute atomic E-state index is 0.0404. The van der Waals surface area contributed by atoms with E-state index in [0.29, 0.717) is 0 Å². The van der Waals surface area contributed by atoms with Gasteiger partial charge in [0.15, 0.2) is 47.7 Å². The molecule has 6 N–H and O–H groups in total. The molecule has 3 aliphatic heterocycles. The second kappa shape index (κ2) is 10.7. The summed E-state index contributed by atoms with van der Waals surface area (Å²) in [5.74, 6) is 0.114. The second-order valence-corrected chi connectivity index (χ2v) is 12.0. The summed E-state index contributed by atoms with van der Waals surface area (Å²) in [6, 6.07) is 0. The van der Waals surface area contributed by atoms with Gasteiger partial charge in [-0.3, -0.25) is 18.2 Å². The van der Waals surface area contributed by atoms with E-state index in [1.807, 2.05) is 0 Å². The lowest BCUT2D eigenvalue weighted by Gasteiger charge is -2.22. The smallest absolute Gasteiger partial charge is 0.387 e. The van der Waals surface area contributed by atoms with Gasteiger partial charge in [-0.2, -0.15) is 0 Å². The van der Waals surface area contributed by atoms with Gasteiger partial charge >= 0.3 is 16.1 Å². The lowest BCUT2D eigenvalue weighted by atomic mass is 10.1. The van der Waals surface area contributed by atoms with Crippen LogP contribution >= 0.6 is 16.1 Å². The number of hydrogen-bond donors (Lipinski definition) is 4. The molecule has 0 amide bonds. The van der Waals surface area contributed by atoms with Gasteiger partial charge in [-0.25, -0.2) is 38.9 Å². The Morgan fingerprint density at radius 2 is 1.51 bits per heavy atom. The molecule has 0 radical (unpaired) electrons. The number of nitrogens with zero attached hydrogens (tertiary/aromatic N) is 8. The molecule has 23 heteroatoms. The summed E-state index contributed by atoms with van der Waals surface area (Å²) >= 11 is 0. The molecule has 4 aromatic rings. The number of aliphatic hydroxyl groups excluding tert-OH is 1. The van der Waals surface area contributed by atoms with Crippen LogP contribution in [0.15, 0.2) is 25.3 Å². The quantitative estimate of drug-likeness (QED) is 0.208. The van der Waals surface area contributed by atoms with Gasteiger partial charge in [0.05, 0.1) is 19.3 Å². The Labute approximate surface area is 239 Å². The highest BCUT2D eigenvalue weighted by molar-refractivity contribution is 7.47. The highest BCUT2D eigenvalue weighted by Crippen LogP contribution is 2.51. The van der Waals surface area contributed by atoms with Crippen molar-refractivity contribution in [3.63, 3.8) is 0 Å². The predicted octanol–water partition coefficient (Wildman–Crippen LogP) is -0.101. The van der Waals surface area contributed by atoms with Crippen LogP contribution in [0.4, 0.5) is 16.0 Å². The summed E-state index contributed by atoms with van der Waals surface area (Å²) in [5.41, 5.74) is 12.4. The number of phosphoric acid groups is 1. The second-order valence-electron chi connectivity index (χ2n) is 9.65. The number of alkyl halides is 1. The van der Waals surface area contributed by atoms with Gasteiger partial charge in [0.1, 0.15) is 54.7 Å². The third-order valence-corrected chi connectivity index (χ3v) is 8.87. The molecule has 6 unspecified atom stereocenters. The summed E-state index contributed by atoms with van der Waals surface area (Å²) in [4.78, 5) is 34.6. The third kappa shape index (κ3) is 4.92. The van der Waals surface area contributed by atoms with E-state index in [4.69, 9.17) is 39.0 Å². The van der Waals surface area contributed by atoms with Gasteiger partial charge in [0.2, 0.25) is 0 Å². The van der Waals surface area contributed by atoms with E-state index < -0.39 is 78.4 Å². The number of phosphoric ester groups is 1. The molecule has 7 heterocycles. The summed E-state index contributed by atoms with van der Waals surface area (Å²) in [6.07, 6.45) is -7.34. The van der Waals surface area contributed by atoms with Gasteiger partial charge in [0, 0.05) is 4.57 Å². The van der Waals surface area contributed by atoms with Crippen LogP contribution in [0.25, 0.3) is 22.3 Å². The highest BCUT2D eigenvalue weighted by atomic mass is 31.2. The van der Waals surface area contributed by atoms with Crippen LogP contribution in [0, 0.1) is 0 Å². The molecule has 3 aliphatic rings. The largest absolute Gasteiger partial charge is 0.698 e. The molecule has 2 bridgehead atoms. The number of rotatable bonds is 2. The van der Waals surface area contributed by atoms with Gasteiger partial charge in [-0.15, -0.1) is 9.05 Å². The van der Waals surface area contributed by atoms with Crippen LogP contribution in [0.5, 0.6) is 0 Å². The van der Waals surface area contributed by atoms with Gasteiger partial charge in [0.25, 0.3) is 0 Å². The van der Waals surface area contributed by atoms with Crippen molar-refractivity contribution in [1.29, 1.82) is 0 Å². The van der Waals surface area contributed by atoms with Crippen LogP contribution in [0.2, 0.25) is 0 Å². The number of anilines is 2. The van der Waals surface area contributed by atoms with E-state index >= 15 is 4.39 Å². The molecule has 3 saturated heterocycles. The van der Waals surface area contributed by atoms with E-state index in [-0.39, 0.29) is 34.0 Å². The van der Waals surface area contributed by atoms with Crippen molar-refractivity contribution >= 4 is 50.0 Å². The molecule has 43 heavy (non-hydrogen) atoms. The van der Waals surface area contributed by atoms with Gasteiger partial charge < -0.3 is 30.9 Å². The Morgan fingerprint density at radius 1 is 0.907 bits per heavy atom. The first-order valence-electron chi connectivity index (χ1n) is 12.5. The molecule has 7 rings (SSSR count). The molecular weight excluding hydrogens is 621 g/mol. The SMILES string of the molecule is Nc1ncnc2c1ncn2[C@@H]1O[C@@H]2CO[P+](=O)OC3C(O)[C@@H](COP(=O)(O)OC2C1F)O[C@H]3n1cnc2c(N)ncnc21. The van der Waals surface area contributed by atoms with Crippen LogP contribution in [-0.2, 0) is 36.7 Å². The first kappa shape index (κ1) is 28.4. The number of aromatic nitrogens is 8. The minimum atomic E-state index is -5.03. The fourth-order valence-corrected chi connectivity index (χ4v) is 6.81. The van der Waals surface area contributed by atoms with Gasteiger partial charge in [-0.1, -0.05) is 0 Å². The zero-order chi connectivity index (χ0) is 30.0. The van der Waals surface area contributed by atoms with Crippen molar-refractivity contribution in [3.8, 4) is 0 Å². The Hall–Kier alpha value is -3.36. The molecular formula is C20H22FN10O10P2+. The maximum absolute atomic E-state index is 15.8. The summed E-state index contributed by atoms with van der Waals surface area (Å²) in [6.45, 7) is -1.34. The number of fused-ring (bicyclic) bond motifs is 5. The zero-order valence-corrected chi connectivity index (χ0v) is 23.3. The summed E-state index contributed by atoms with van der Waals surface area (Å²) in [7, 11) is -8.04. The topological polar surface area (TPSA) is 269 Å². The average molecular weight is 643 g/mol. The van der Waals surface area contributed by atoms with E-state index in [1.165, 1.54) is 28.1 Å². The standard InChI is InChI=1S/C20H21FN10O10P2/c21-9-13-8(39-19(9)30-5-28-10-15(22)24-3-26-17(10)30)1-36-42(33)40-14-12(32)7(2-37-43(34,35)41-13)38-20(14)31-6-29-11-16(23)25-4-27-18(11)31/h3-9,12-14,19-20,32H,1-2H2,(H4-,22,23,24,25,26,27,34,35)/p+1/t7-,8-,9?,12?,13?,14?,19-,20-/m1/s1. The van der Waals surface area contributed by atoms with Crippen molar-refractivity contribution in [1.82, 2.24) is 39.0 Å². The van der Waals surface area contributed by atoms with Crippen LogP contribution in [-0.4, -0.2) is 98.9 Å². The Kier molecular flexibility index (Phi) is 7.05. The molecule has 4 aromatic heterocycles. The Bertz CT molecular complexity index is 1760. The van der Waals surface area contributed by atoms with E-state index in [9.17, 15) is 19.1 Å². The van der Waals surface area contributed by atoms with Crippen molar-refractivity contribution in [2.45, 2.75) is 49.1 Å². The van der Waals surface area contributed by atoms with Gasteiger partial charge in [-0.05, 0) is 0 Å². The number of ether oxygens (including phenoxy) is 2. The number of nitrogen functional groups attached to an aromatic ring is 2. The fourth-order valence-electron chi connectivity index (χ4n) is 5.10. The molecule has 3 fully saturated rings. The molecule has 20 nitrogen and oxygen atoms in total.